The largest absolute Gasteiger partial charge is 0.480 e. The number of rotatable bonds is 5. The second-order valence-corrected chi connectivity index (χ2v) is 7.38. The molecule has 0 bridgehead atoms. The lowest BCUT2D eigenvalue weighted by molar-refractivity contribution is -0.130. The Morgan fingerprint density at radius 1 is 1.11 bits per heavy atom. The number of carbonyl (C=O) groups excluding carboxylic acids is 2. The Bertz CT molecular complexity index is 852. The first-order valence-electron chi connectivity index (χ1n) is 9.81. The summed E-state index contributed by atoms with van der Waals surface area (Å²) >= 11 is 0. The number of amides is 2. The highest BCUT2D eigenvalue weighted by Gasteiger charge is 2.30. The summed E-state index contributed by atoms with van der Waals surface area (Å²) in [5.41, 5.74) is 2.86. The third-order valence-corrected chi connectivity index (χ3v) is 5.28. The van der Waals surface area contributed by atoms with Crippen LogP contribution in [-0.2, 0) is 16.0 Å². The van der Waals surface area contributed by atoms with Gasteiger partial charge in [-0.3, -0.25) is 9.59 Å². The molecule has 2 atom stereocenters. The first-order chi connectivity index (χ1) is 13.6. The van der Waals surface area contributed by atoms with E-state index in [-0.39, 0.29) is 11.8 Å². The topological polar surface area (TPSA) is 70.7 Å². The Morgan fingerprint density at radius 2 is 1.89 bits per heavy atom. The maximum Gasteiger partial charge on any atom is 0.262 e. The number of hydrogen-bond donors (Lipinski definition) is 2. The molecular weight excluding hydrogens is 354 g/mol. The minimum Gasteiger partial charge on any atom is -0.480 e. The van der Waals surface area contributed by atoms with Gasteiger partial charge in [-0.2, -0.15) is 0 Å². The molecule has 0 aliphatic carbocycles. The lowest BCUT2D eigenvalue weighted by Crippen LogP contribution is -2.47. The number of hydrogen-bond acceptors (Lipinski definition) is 4. The second kappa shape index (κ2) is 7.92. The van der Waals surface area contributed by atoms with Crippen molar-refractivity contribution < 1.29 is 14.3 Å². The van der Waals surface area contributed by atoms with E-state index >= 15 is 0 Å². The zero-order chi connectivity index (χ0) is 19.5. The number of nitrogens with zero attached hydrogens (tertiary/aromatic N) is 1. The third-order valence-electron chi connectivity index (χ3n) is 5.28. The zero-order valence-corrected chi connectivity index (χ0v) is 16.0. The molecule has 2 heterocycles. The van der Waals surface area contributed by atoms with E-state index in [1.807, 2.05) is 42.5 Å². The predicted octanol–water partition coefficient (Wildman–Crippen LogP) is 2.73. The molecule has 2 aromatic carbocycles. The molecule has 2 aliphatic heterocycles. The molecule has 4 rings (SSSR count). The number of anilines is 2. The summed E-state index contributed by atoms with van der Waals surface area (Å²) < 4.78 is 5.69. The fourth-order valence-electron chi connectivity index (χ4n) is 3.71. The van der Waals surface area contributed by atoms with Gasteiger partial charge in [-0.15, -0.1) is 0 Å². The molecule has 0 aromatic heterocycles. The molecule has 1 fully saturated rings. The fourth-order valence-corrected chi connectivity index (χ4v) is 3.71. The molecule has 2 aromatic rings. The van der Waals surface area contributed by atoms with Crippen molar-refractivity contribution in [1.29, 1.82) is 0 Å². The van der Waals surface area contributed by atoms with E-state index < -0.39 is 12.1 Å². The third kappa shape index (κ3) is 3.96. The van der Waals surface area contributed by atoms with E-state index in [0.717, 1.165) is 35.8 Å². The number of para-hydroxylation sites is 1. The molecular formula is C22H25N3O3. The normalized spacial score (nSPS) is 18.9. The molecule has 6 nitrogen and oxygen atoms in total. The number of fused-ring (bicyclic) bond motifs is 1. The summed E-state index contributed by atoms with van der Waals surface area (Å²) in [5.74, 6) is 0.214. The summed E-state index contributed by atoms with van der Waals surface area (Å²) in [6.07, 6.45) is 2.33. The first-order valence-corrected chi connectivity index (χ1v) is 9.81. The monoisotopic (exact) mass is 379 g/mol. The lowest BCUT2D eigenvalue weighted by Gasteiger charge is -2.20. The molecule has 2 aliphatic rings. The van der Waals surface area contributed by atoms with Gasteiger partial charge in [-0.05, 0) is 49.6 Å². The average Bonchev–Trinajstić information content (AvgIpc) is 3.38. The van der Waals surface area contributed by atoms with Gasteiger partial charge in [0.15, 0.2) is 6.10 Å². The zero-order valence-electron chi connectivity index (χ0n) is 16.0. The SMILES string of the molecule is CC(NC(=O)C1Cc2ccccc2O1)C(=O)Nc1cccc(N2CCCC2)c1. The summed E-state index contributed by atoms with van der Waals surface area (Å²) in [5, 5.41) is 5.66. The van der Waals surface area contributed by atoms with Crippen molar-refractivity contribution in [3.05, 3.63) is 54.1 Å². The van der Waals surface area contributed by atoms with E-state index in [0.29, 0.717) is 6.42 Å². The van der Waals surface area contributed by atoms with Gasteiger partial charge in [0, 0.05) is 30.9 Å². The molecule has 0 radical (unpaired) electrons. The van der Waals surface area contributed by atoms with Crippen molar-refractivity contribution in [2.45, 2.75) is 38.3 Å². The highest BCUT2D eigenvalue weighted by atomic mass is 16.5. The molecule has 28 heavy (non-hydrogen) atoms. The van der Waals surface area contributed by atoms with Crippen molar-refractivity contribution in [3.8, 4) is 5.75 Å². The van der Waals surface area contributed by atoms with Gasteiger partial charge in [-0.25, -0.2) is 0 Å². The van der Waals surface area contributed by atoms with Crippen LogP contribution in [0.3, 0.4) is 0 Å². The molecule has 0 saturated carbocycles. The van der Waals surface area contributed by atoms with Crippen LogP contribution >= 0.6 is 0 Å². The standard InChI is InChI=1S/C22H25N3O3/c1-15(23-22(27)20-13-16-7-2-3-10-19(16)28-20)21(26)24-17-8-6-9-18(14-17)25-11-4-5-12-25/h2-3,6-10,14-15,20H,4-5,11-13H2,1H3,(H,23,27)(H,24,26). The Balaban J connectivity index is 1.33. The van der Waals surface area contributed by atoms with Crippen molar-refractivity contribution in [2.24, 2.45) is 0 Å². The Hall–Kier alpha value is -3.02. The molecule has 2 N–H and O–H groups in total. The summed E-state index contributed by atoms with van der Waals surface area (Å²) in [4.78, 5) is 27.3. The lowest BCUT2D eigenvalue weighted by atomic mass is 10.1. The average molecular weight is 379 g/mol. The van der Waals surface area contributed by atoms with Crippen LogP contribution in [0.5, 0.6) is 5.75 Å². The van der Waals surface area contributed by atoms with Crippen LogP contribution in [0, 0.1) is 0 Å². The quantitative estimate of drug-likeness (QED) is 0.838. The minimum absolute atomic E-state index is 0.248. The van der Waals surface area contributed by atoms with Crippen molar-refractivity contribution in [2.75, 3.05) is 23.3 Å². The van der Waals surface area contributed by atoms with E-state index in [9.17, 15) is 9.59 Å². The van der Waals surface area contributed by atoms with Gasteiger partial charge in [0.25, 0.3) is 5.91 Å². The molecule has 1 saturated heterocycles. The van der Waals surface area contributed by atoms with Gasteiger partial charge >= 0.3 is 0 Å². The van der Waals surface area contributed by atoms with Crippen molar-refractivity contribution in [3.63, 3.8) is 0 Å². The van der Waals surface area contributed by atoms with Gasteiger partial charge in [-0.1, -0.05) is 24.3 Å². The Morgan fingerprint density at radius 3 is 2.68 bits per heavy atom. The molecule has 0 spiro atoms. The number of nitrogens with one attached hydrogen (secondary N) is 2. The van der Waals surface area contributed by atoms with Gasteiger partial charge in [0.05, 0.1) is 0 Å². The number of ether oxygens (including phenoxy) is 1. The van der Waals surface area contributed by atoms with Crippen LogP contribution < -0.4 is 20.3 Å². The van der Waals surface area contributed by atoms with Crippen molar-refractivity contribution >= 4 is 23.2 Å². The maximum atomic E-state index is 12.5. The summed E-state index contributed by atoms with van der Waals surface area (Å²) in [7, 11) is 0. The first kappa shape index (κ1) is 18.3. The summed E-state index contributed by atoms with van der Waals surface area (Å²) in [6, 6.07) is 14.8. The van der Waals surface area contributed by atoms with Crippen LogP contribution in [-0.4, -0.2) is 37.0 Å². The van der Waals surface area contributed by atoms with Gasteiger partial charge < -0.3 is 20.3 Å². The van der Waals surface area contributed by atoms with Crippen LogP contribution in [0.1, 0.15) is 25.3 Å². The second-order valence-electron chi connectivity index (χ2n) is 7.38. The van der Waals surface area contributed by atoms with E-state index in [1.165, 1.54) is 12.8 Å². The Labute approximate surface area is 164 Å². The smallest absolute Gasteiger partial charge is 0.262 e. The highest BCUT2D eigenvalue weighted by molar-refractivity contribution is 5.98. The van der Waals surface area contributed by atoms with Gasteiger partial charge in [0.2, 0.25) is 5.91 Å². The molecule has 6 heteroatoms. The van der Waals surface area contributed by atoms with Crippen LogP contribution in [0.4, 0.5) is 11.4 Å². The number of benzene rings is 2. The van der Waals surface area contributed by atoms with E-state index in [2.05, 4.69) is 21.6 Å². The number of carbonyl (C=O) groups is 2. The van der Waals surface area contributed by atoms with Crippen LogP contribution in [0.25, 0.3) is 0 Å². The van der Waals surface area contributed by atoms with Gasteiger partial charge in [0.1, 0.15) is 11.8 Å². The summed E-state index contributed by atoms with van der Waals surface area (Å²) in [6.45, 7) is 3.78. The van der Waals surface area contributed by atoms with E-state index in [1.54, 1.807) is 6.92 Å². The predicted molar refractivity (Wildman–Crippen MR) is 109 cm³/mol. The van der Waals surface area contributed by atoms with Crippen molar-refractivity contribution in [1.82, 2.24) is 5.32 Å². The molecule has 2 amide bonds. The fraction of sp³-hybridized carbons (Fsp3) is 0.364. The highest BCUT2D eigenvalue weighted by Crippen LogP contribution is 2.28. The molecule has 2 unspecified atom stereocenters. The van der Waals surface area contributed by atoms with Crippen LogP contribution in [0.2, 0.25) is 0 Å². The molecule has 146 valence electrons. The minimum atomic E-state index is -0.657. The van der Waals surface area contributed by atoms with Crippen LogP contribution in [0.15, 0.2) is 48.5 Å². The Kier molecular flexibility index (Phi) is 5.19. The maximum absolute atomic E-state index is 12.5. The van der Waals surface area contributed by atoms with E-state index in [4.69, 9.17) is 4.74 Å².